The van der Waals surface area contributed by atoms with Crippen molar-refractivity contribution >= 4 is 39.2 Å². The lowest BCUT2D eigenvalue weighted by molar-refractivity contribution is -0.384. The van der Waals surface area contributed by atoms with Crippen LogP contribution in [0.2, 0.25) is 5.02 Å². The Balaban J connectivity index is 1.95. The number of halogens is 1. The van der Waals surface area contributed by atoms with E-state index in [-0.39, 0.29) is 5.69 Å². The first-order valence-electron chi connectivity index (χ1n) is 6.40. The van der Waals surface area contributed by atoms with Crippen LogP contribution < -0.4 is 0 Å². The molecule has 2 N–H and O–H groups in total. The maximum Gasteiger partial charge on any atom is 0.270 e. The van der Waals surface area contributed by atoms with E-state index in [0.717, 1.165) is 11.0 Å². The van der Waals surface area contributed by atoms with E-state index in [1.807, 2.05) is 0 Å². The van der Waals surface area contributed by atoms with Crippen molar-refractivity contribution < 1.29 is 4.92 Å². The van der Waals surface area contributed by atoms with Crippen LogP contribution in [-0.4, -0.2) is 25.1 Å². The highest BCUT2D eigenvalue weighted by Crippen LogP contribution is 2.29. The van der Waals surface area contributed by atoms with Crippen LogP contribution in [0.4, 0.5) is 5.69 Å². The average Bonchev–Trinajstić information content (AvgIpc) is 3.08. The Morgan fingerprint density at radius 1 is 1.14 bits per heavy atom. The van der Waals surface area contributed by atoms with Gasteiger partial charge in [-0.2, -0.15) is 5.10 Å². The molecule has 0 amide bonds. The van der Waals surface area contributed by atoms with E-state index in [2.05, 4.69) is 20.2 Å². The summed E-state index contributed by atoms with van der Waals surface area (Å²) in [5.41, 5.74) is 2.78. The van der Waals surface area contributed by atoms with Crippen molar-refractivity contribution in [2.24, 2.45) is 0 Å². The predicted molar refractivity (Wildman–Crippen MR) is 82.8 cm³/mol. The molecule has 0 fully saturated rings. The lowest BCUT2D eigenvalue weighted by atomic mass is 10.2. The normalized spacial score (nSPS) is 11.3. The zero-order valence-corrected chi connectivity index (χ0v) is 11.8. The first-order chi connectivity index (χ1) is 10.6. The number of imidazole rings is 1. The molecule has 0 unspecified atom stereocenters. The van der Waals surface area contributed by atoms with Gasteiger partial charge in [0.25, 0.3) is 5.69 Å². The number of nitro benzene ring substituents is 1. The molecule has 0 atom stereocenters. The fraction of sp³-hybridized carbons (Fsp3) is 0. The van der Waals surface area contributed by atoms with Gasteiger partial charge < -0.3 is 4.98 Å². The minimum Gasteiger partial charge on any atom is -0.337 e. The fourth-order valence-electron chi connectivity index (χ4n) is 2.39. The summed E-state index contributed by atoms with van der Waals surface area (Å²) in [4.78, 5) is 18.1. The molecule has 0 aliphatic rings. The van der Waals surface area contributed by atoms with Gasteiger partial charge in [-0.1, -0.05) is 11.6 Å². The second kappa shape index (κ2) is 4.54. The van der Waals surface area contributed by atoms with Crippen molar-refractivity contribution in [1.29, 1.82) is 0 Å². The van der Waals surface area contributed by atoms with Gasteiger partial charge in [0, 0.05) is 22.5 Å². The molecular weight excluding hydrogens is 306 g/mol. The zero-order chi connectivity index (χ0) is 15.3. The maximum atomic E-state index is 10.9. The third-order valence-electron chi connectivity index (χ3n) is 3.43. The van der Waals surface area contributed by atoms with Crippen molar-refractivity contribution in [1.82, 2.24) is 20.2 Å². The molecule has 0 saturated heterocycles. The van der Waals surface area contributed by atoms with Gasteiger partial charge in [-0.05, 0) is 24.3 Å². The summed E-state index contributed by atoms with van der Waals surface area (Å²) in [6.07, 6.45) is 0. The number of non-ortho nitro benzene ring substituents is 1. The van der Waals surface area contributed by atoms with Crippen LogP contribution in [0.25, 0.3) is 33.5 Å². The fourth-order valence-corrected chi connectivity index (χ4v) is 2.56. The first kappa shape index (κ1) is 12.8. The zero-order valence-electron chi connectivity index (χ0n) is 11.0. The molecule has 0 bridgehead atoms. The second-order valence-corrected chi connectivity index (χ2v) is 5.24. The number of benzene rings is 2. The molecule has 2 heterocycles. The highest BCUT2D eigenvalue weighted by molar-refractivity contribution is 6.31. The van der Waals surface area contributed by atoms with Crippen molar-refractivity contribution in [3.05, 3.63) is 51.5 Å². The molecule has 0 saturated carbocycles. The number of hydrogen-bond donors (Lipinski definition) is 2. The number of nitrogens with one attached hydrogen (secondary N) is 2. The van der Waals surface area contributed by atoms with Gasteiger partial charge in [0.15, 0.2) is 5.82 Å². The first-order valence-corrected chi connectivity index (χ1v) is 6.78. The van der Waals surface area contributed by atoms with E-state index in [1.165, 1.54) is 12.1 Å². The van der Waals surface area contributed by atoms with Gasteiger partial charge in [-0.25, -0.2) is 4.98 Å². The topological polar surface area (TPSA) is 100 Å². The van der Waals surface area contributed by atoms with Crippen molar-refractivity contribution in [2.75, 3.05) is 0 Å². The SMILES string of the molecule is O=[N+]([O-])c1ccc2[nH]nc(-c3nc4ccc(Cl)cc4[nH]3)c2c1. The molecule has 2 aromatic heterocycles. The third kappa shape index (κ3) is 1.91. The van der Waals surface area contributed by atoms with E-state index < -0.39 is 4.92 Å². The number of nitrogens with zero attached hydrogens (tertiary/aromatic N) is 3. The van der Waals surface area contributed by atoms with Crippen molar-refractivity contribution in [3.63, 3.8) is 0 Å². The van der Waals surface area contributed by atoms with Gasteiger partial charge in [-0.3, -0.25) is 15.2 Å². The van der Waals surface area contributed by atoms with Crippen molar-refractivity contribution in [2.45, 2.75) is 0 Å². The Kier molecular flexibility index (Phi) is 2.64. The molecular formula is C14H8ClN5O2. The van der Waals surface area contributed by atoms with Gasteiger partial charge in [-0.15, -0.1) is 0 Å². The Morgan fingerprint density at radius 2 is 2.00 bits per heavy atom. The number of H-pyrrole nitrogens is 2. The molecule has 4 aromatic rings. The number of hydrogen-bond acceptors (Lipinski definition) is 4. The second-order valence-electron chi connectivity index (χ2n) is 4.81. The molecule has 0 aliphatic heterocycles. The van der Waals surface area contributed by atoms with Crippen molar-refractivity contribution in [3.8, 4) is 11.5 Å². The summed E-state index contributed by atoms with van der Waals surface area (Å²) >= 11 is 5.96. The smallest absolute Gasteiger partial charge is 0.270 e. The quantitative estimate of drug-likeness (QED) is 0.435. The van der Waals surface area contributed by atoms with E-state index >= 15 is 0 Å². The highest BCUT2D eigenvalue weighted by atomic mass is 35.5. The van der Waals surface area contributed by atoms with E-state index in [1.54, 1.807) is 24.3 Å². The van der Waals surface area contributed by atoms with Gasteiger partial charge >= 0.3 is 0 Å². The van der Waals surface area contributed by atoms with E-state index in [4.69, 9.17) is 11.6 Å². The van der Waals surface area contributed by atoms with Gasteiger partial charge in [0.05, 0.1) is 21.5 Å². The largest absolute Gasteiger partial charge is 0.337 e. The molecule has 0 aliphatic carbocycles. The highest BCUT2D eigenvalue weighted by Gasteiger charge is 2.15. The molecule has 2 aromatic carbocycles. The number of aromatic amines is 2. The lowest BCUT2D eigenvalue weighted by Crippen LogP contribution is -1.87. The van der Waals surface area contributed by atoms with Crippen LogP contribution >= 0.6 is 11.6 Å². The molecule has 7 nitrogen and oxygen atoms in total. The summed E-state index contributed by atoms with van der Waals surface area (Å²) in [5.74, 6) is 0.531. The predicted octanol–water partition coefficient (Wildman–Crippen LogP) is 3.67. The van der Waals surface area contributed by atoms with Crippen LogP contribution in [0.5, 0.6) is 0 Å². The molecule has 4 rings (SSSR count). The summed E-state index contributed by atoms with van der Waals surface area (Å²) in [6.45, 7) is 0. The number of rotatable bonds is 2. The summed E-state index contributed by atoms with van der Waals surface area (Å²) < 4.78 is 0. The summed E-state index contributed by atoms with van der Waals surface area (Å²) in [5, 5.41) is 19.2. The Morgan fingerprint density at radius 3 is 2.82 bits per heavy atom. The van der Waals surface area contributed by atoms with E-state index in [9.17, 15) is 10.1 Å². The molecule has 0 spiro atoms. The molecule has 8 heteroatoms. The maximum absolute atomic E-state index is 10.9. The Hall–Kier alpha value is -2.93. The van der Waals surface area contributed by atoms with Crippen LogP contribution in [0, 0.1) is 10.1 Å². The van der Waals surface area contributed by atoms with Gasteiger partial charge in [0.2, 0.25) is 0 Å². The third-order valence-corrected chi connectivity index (χ3v) is 3.66. The Bertz CT molecular complexity index is 1040. The van der Waals surface area contributed by atoms with Gasteiger partial charge in [0.1, 0.15) is 5.69 Å². The minimum absolute atomic E-state index is 0.00862. The Labute approximate surface area is 128 Å². The van der Waals surface area contributed by atoms with E-state index in [0.29, 0.717) is 27.4 Å². The molecule has 108 valence electrons. The lowest BCUT2D eigenvalue weighted by Gasteiger charge is -1.93. The number of fused-ring (bicyclic) bond motifs is 2. The number of nitro groups is 1. The number of aromatic nitrogens is 4. The molecule has 22 heavy (non-hydrogen) atoms. The van der Waals surface area contributed by atoms with Crippen LogP contribution in [0.15, 0.2) is 36.4 Å². The summed E-state index contributed by atoms with van der Waals surface area (Å²) in [6, 6.07) is 9.86. The van der Waals surface area contributed by atoms with Crippen LogP contribution in [-0.2, 0) is 0 Å². The minimum atomic E-state index is -0.436. The molecule has 0 radical (unpaired) electrons. The average molecular weight is 314 g/mol. The standard InChI is InChI=1S/C14H8ClN5O2/c15-7-1-3-11-12(5-7)17-14(16-11)13-9-6-8(20(21)22)2-4-10(9)18-19-13/h1-6H,(H,16,17)(H,18,19). The monoisotopic (exact) mass is 313 g/mol. The van der Waals surface area contributed by atoms with Crippen LogP contribution in [0.3, 0.4) is 0 Å². The van der Waals surface area contributed by atoms with Crippen LogP contribution in [0.1, 0.15) is 0 Å². The summed E-state index contributed by atoms with van der Waals surface area (Å²) in [7, 11) is 0.